The third kappa shape index (κ3) is 1.75. The summed E-state index contributed by atoms with van der Waals surface area (Å²) in [6, 6.07) is 0. The van der Waals surface area contributed by atoms with Crippen molar-refractivity contribution in [2.75, 3.05) is 0 Å². The maximum atomic E-state index is 11.8. The second-order valence-corrected chi connectivity index (χ2v) is 2.57. The first-order chi connectivity index (χ1) is 4.91. The summed E-state index contributed by atoms with van der Waals surface area (Å²) in [7, 11) is 0. The standard InChI is InChI=1S/C4H2ClF3N2S/c5-2-1-10(4(6,7)8)9-3(2)11/h1H,(H,9,11). The van der Waals surface area contributed by atoms with Crippen LogP contribution >= 0.6 is 23.8 Å². The molecule has 1 heterocycles. The fourth-order valence-corrected chi connectivity index (χ4v) is 0.795. The van der Waals surface area contributed by atoms with E-state index in [0.717, 1.165) is 0 Å². The first kappa shape index (κ1) is 8.61. The molecular formula is C4H2ClF3N2S. The number of nitrogens with one attached hydrogen (secondary N) is 1. The van der Waals surface area contributed by atoms with Gasteiger partial charge in [-0.3, -0.25) is 5.10 Å². The minimum Gasteiger partial charge on any atom is -0.280 e. The van der Waals surface area contributed by atoms with E-state index in [0.29, 0.717) is 6.20 Å². The highest BCUT2D eigenvalue weighted by Crippen LogP contribution is 2.23. The molecule has 1 rings (SSSR count). The summed E-state index contributed by atoms with van der Waals surface area (Å²) < 4.78 is 35.2. The molecule has 0 aromatic carbocycles. The Morgan fingerprint density at radius 2 is 2.09 bits per heavy atom. The molecule has 1 aromatic heterocycles. The Bertz CT molecular complexity index is 312. The molecule has 0 saturated heterocycles. The zero-order valence-electron chi connectivity index (χ0n) is 4.94. The second-order valence-electron chi connectivity index (χ2n) is 1.76. The van der Waals surface area contributed by atoms with E-state index in [9.17, 15) is 13.2 Å². The number of aromatic amines is 1. The van der Waals surface area contributed by atoms with E-state index in [1.165, 1.54) is 0 Å². The van der Waals surface area contributed by atoms with Gasteiger partial charge in [-0.05, 0) is 0 Å². The molecule has 0 spiro atoms. The van der Waals surface area contributed by atoms with Gasteiger partial charge in [-0.2, -0.15) is 4.68 Å². The molecule has 0 aliphatic heterocycles. The molecule has 0 radical (unpaired) electrons. The van der Waals surface area contributed by atoms with Gasteiger partial charge in [0.2, 0.25) is 0 Å². The third-order valence-corrected chi connectivity index (χ3v) is 1.66. The number of halogens is 4. The normalized spacial score (nSPS) is 12.0. The van der Waals surface area contributed by atoms with Crippen LogP contribution in [0, 0.1) is 4.64 Å². The van der Waals surface area contributed by atoms with Crippen LogP contribution in [0.5, 0.6) is 0 Å². The van der Waals surface area contributed by atoms with E-state index in [2.05, 4.69) is 12.2 Å². The van der Waals surface area contributed by atoms with Crippen molar-refractivity contribution in [1.82, 2.24) is 9.78 Å². The number of alkyl halides is 3. The maximum absolute atomic E-state index is 11.8. The third-order valence-electron chi connectivity index (χ3n) is 0.955. The van der Waals surface area contributed by atoms with Crippen LogP contribution < -0.4 is 0 Å². The predicted octanol–water partition coefficient (Wildman–Crippen LogP) is 2.68. The highest BCUT2D eigenvalue weighted by atomic mass is 35.5. The Morgan fingerprint density at radius 3 is 2.27 bits per heavy atom. The Labute approximate surface area is 69.6 Å². The number of hydrogen-bond acceptors (Lipinski definition) is 1. The summed E-state index contributed by atoms with van der Waals surface area (Å²) in [4.78, 5) is 0. The van der Waals surface area contributed by atoms with Crippen molar-refractivity contribution in [2.24, 2.45) is 0 Å². The molecule has 1 aromatic rings. The Morgan fingerprint density at radius 1 is 1.55 bits per heavy atom. The van der Waals surface area contributed by atoms with Crippen molar-refractivity contribution >= 4 is 23.8 Å². The minimum atomic E-state index is -4.49. The van der Waals surface area contributed by atoms with Crippen LogP contribution in [-0.2, 0) is 6.30 Å². The van der Waals surface area contributed by atoms with Crippen LogP contribution in [0.2, 0.25) is 5.02 Å². The predicted molar refractivity (Wildman–Crippen MR) is 35.9 cm³/mol. The van der Waals surface area contributed by atoms with Gasteiger partial charge in [0, 0.05) is 0 Å². The first-order valence-corrected chi connectivity index (χ1v) is 3.24. The van der Waals surface area contributed by atoms with Crippen molar-refractivity contribution in [3.8, 4) is 0 Å². The molecule has 2 nitrogen and oxygen atoms in total. The van der Waals surface area contributed by atoms with E-state index >= 15 is 0 Å². The van der Waals surface area contributed by atoms with Gasteiger partial charge in [0.05, 0.1) is 11.2 Å². The SMILES string of the molecule is FC(F)(F)n1cc(Cl)c(=S)[nH]1. The van der Waals surface area contributed by atoms with Crippen LogP contribution in [0.15, 0.2) is 6.20 Å². The zero-order chi connectivity index (χ0) is 8.65. The molecule has 0 bridgehead atoms. The summed E-state index contributed by atoms with van der Waals surface area (Å²) in [6.45, 7) is 0. The number of hydrogen-bond donors (Lipinski definition) is 1. The molecule has 62 valence electrons. The largest absolute Gasteiger partial charge is 0.502 e. The molecule has 0 aliphatic rings. The quantitative estimate of drug-likeness (QED) is 0.642. The summed E-state index contributed by atoms with van der Waals surface area (Å²) in [5.74, 6) is 0. The van der Waals surface area contributed by atoms with E-state index in [4.69, 9.17) is 11.6 Å². The van der Waals surface area contributed by atoms with Crippen molar-refractivity contribution in [3.05, 3.63) is 15.9 Å². The monoisotopic (exact) mass is 202 g/mol. The molecule has 0 unspecified atom stereocenters. The van der Waals surface area contributed by atoms with Gasteiger partial charge in [-0.1, -0.05) is 23.8 Å². The summed E-state index contributed by atoms with van der Waals surface area (Å²) >= 11 is 9.71. The van der Waals surface area contributed by atoms with E-state index in [1.54, 1.807) is 0 Å². The molecule has 0 aliphatic carbocycles. The zero-order valence-corrected chi connectivity index (χ0v) is 6.52. The number of aromatic nitrogens is 2. The number of H-pyrrole nitrogens is 1. The maximum Gasteiger partial charge on any atom is 0.502 e. The van der Waals surface area contributed by atoms with Crippen LogP contribution in [0.3, 0.4) is 0 Å². The van der Waals surface area contributed by atoms with E-state index < -0.39 is 6.30 Å². The summed E-state index contributed by atoms with van der Waals surface area (Å²) in [5.41, 5.74) is 0. The number of nitrogens with zero attached hydrogens (tertiary/aromatic N) is 1. The molecule has 0 saturated carbocycles. The van der Waals surface area contributed by atoms with Gasteiger partial charge in [-0.25, -0.2) is 0 Å². The van der Waals surface area contributed by atoms with Crippen molar-refractivity contribution in [3.63, 3.8) is 0 Å². The molecule has 11 heavy (non-hydrogen) atoms. The van der Waals surface area contributed by atoms with Crippen molar-refractivity contribution in [2.45, 2.75) is 6.30 Å². The molecule has 7 heteroatoms. The van der Waals surface area contributed by atoms with Crippen LogP contribution in [0.4, 0.5) is 13.2 Å². The fourth-order valence-electron chi connectivity index (χ4n) is 0.504. The van der Waals surface area contributed by atoms with E-state index in [1.807, 2.05) is 5.10 Å². The van der Waals surface area contributed by atoms with Crippen LogP contribution in [-0.4, -0.2) is 9.78 Å². The smallest absolute Gasteiger partial charge is 0.280 e. The lowest BCUT2D eigenvalue weighted by molar-refractivity contribution is -0.212. The molecule has 1 N–H and O–H groups in total. The lowest BCUT2D eigenvalue weighted by Crippen LogP contribution is -2.16. The molecule has 0 amide bonds. The highest BCUT2D eigenvalue weighted by Gasteiger charge is 2.30. The Balaban J connectivity index is 3.18. The van der Waals surface area contributed by atoms with E-state index in [-0.39, 0.29) is 14.3 Å². The average Bonchev–Trinajstić information content (AvgIpc) is 2.11. The van der Waals surface area contributed by atoms with Gasteiger partial charge >= 0.3 is 6.30 Å². The van der Waals surface area contributed by atoms with Crippen molar-refractivity contribution < 1.29 is 13.2 Å². The van der Waals surface area contributed by atoms with Gasteiger partial charge in [0.1, 0.15) is 4.64 Å². The van der Waals surface area contributed by atoms with Crippen LogP contribution in [0.1, 0.15) is 0 Å². The second kappa shape index (κ2) is 2.53. The lowest BCUT2D eigenvalue weighted by Gasteiger charge is -2.04. The minimum absolute atomic E-state index is 0.0995. The van der Waals surface area contributed by atoms with Gasteiger partial charge in [-0.15, -0.1) is 13.2 Å². The first-order valence-electron chi connectivity index (χ1n) is 2.45. The van der Waals surface area contributed by atoms with Gasteiger partial charge in [0.15, 0.2) is 0 Å². The lowest BCUT2D eigenvalue weighted by atomic mass is 10.7. The number of rotatable bonds is 0. The molecule has 0 fully saturated rings. The molecule has 0 atom stereocenters. The van der Waals surface area contributed by atoms with Crippen LogP contribution in [0.25, 0.3) is 0 Å². The summed E-state index contributed by atoms with van der Waals surface area (Å²) in [5, 5.41) is 1.75. The highest BCUT2D eigenvalue weighted by molar-refractivity contribution is 7.71. The Hall–Kier alpha value is -0.490. The van der Waals surface area contributed by atoms with Gasteiger partial charge < -0.3 is 0 Å². The van der Waals surface area contributed by atoms with Crippen molar-refractivity contribution in [1.29, 1.82) is 0 Å². The topological polar surface area (TPSA) is 20.7 Å². The molecular weight excluding hydrogens is 201 g/mol. The fraction of sp³-hybridized carbons (Fsp3) is 0.250. The Kier molecular flexibility index (Phi) is 1.98. The van der Waals surface area contributed by atoms with Gasteiger partial charge in [0.25, 0.3) is 0 Å². The average molecular weight is 203 g/mol. The summed E-state index contributed by atoms with van der Waals surface area (Å²) in [6.07, 6.45) is -3.80.